The van der Waals surface area contributed by atoms with E-state index in [1.165, 1.54) is 4.90 Å². The van der Waals surface area contributed by atoms with Crippen LogP contribution in [0.4, 0.5) is 5.82 Å². The highest BCUT2D eigenvalue weighted by atomic mass is 32.2. The molecule has 1 aliphatic heterocycles. The van der Waals surface area contributed by atoms with Crippen molar-refractivity contribution in [1.82, 2.24) is 10.1 Å². The quantitative estimate of drug-likeness (QED) is 0.786. The number of hydrogen-bond donors (Lipinski definition) is 1. The Balaban J connectivity index is 1.38. The maximum Gasteiger partial charge on any atom is 0.228 e. The number of benzene rings is 1. The summed E-state index contributed by atoms with van der Waals surface area (Å²) >= 11 is 1.69. The molecule has 0 bridgehead atoms. The van der Waals surface area contributed by atoms with E-state index in [1.54, 1.807) is 24.8 Å². The van der Waals surface area contributed by atoms with Gasteiger partial charge in [-0.25, -0.2) is 0 Å². The van der Waals surface area contributed by atoms with Crippen LogP contribution in [0.15, 0.2) is 45.8 Å². The number of amides is 2. The van der Waals surface area contributed by atoms with Gasteiger partial charge in [0.05, 0.1) is 0 Å². The number of thioether (sulfide) groups is 1. The van der Waals surface area contributed by atoms with Crippen molar-refractivity contribution in [1.29, 1.82) is 0 Å². The third-order valence-electron chi connectivity index (χ3n) is 4.43. The van der Waals surface area contributed by atoms with Crippen LogP contribution in [0.2, 0.25) is 0 Å². The Labute approximate surface area is 157 Å². The topological polar surface area (TPSA) is 75.4 Å². The van der Waals surface area contributed by atoms with Crippen LogP contribution in [0.1, 0.15) is 25.0 Å². The lowest BCUT2D eigenvalue weighted by Crippen LogP contribution is -2.41. The number of hydrogen-bond acceptors (Lipinski definition) is 5. The molecule has 6 nitrogen and oxygen atoms in total. The number of aryl methyl sites for hydroxylation is 1. The predicted molar refractivity (Wildman–Crippen MR) is 101 cm³/mol. The largest absolute Gasteiger partial charge is 0.360 e. The van der Waals surface area contributed by atoms with Gasteiger partial charge in [-0.1, -0.05) is 23.4 Å². The highest BCUT2D eigenvalue weighted by Gasteiger charge is 2.27. The smallest absolute Gasteiger partial charge is 0.228 e. The molecule has 1 aromatic carbocycles. The Morgan fingerprint density at radius 2 is 2.00 bits per heavy atom. The van der Waals surface area contributed by atoms with E-state index in [2.05, 4.69) is 22.6 Å². The molecule has 7 heteroatoms. The SMILES string of the molecule is Cc1cc(NC(=O)C2CCN(C(=O)CCSc3ccccc3)CC2)no1. The molecule has 2 amide bonds. The molecule has 0 atom stereocenters. The number of nitrogens with zero attached hydrogens (tertiary/aromatic N) is 2. The van der Waals surface area contributed by atoms with Gasteiger partial charge in [0, 0.05) is 42.1 Å². The molecule has 3 rings (SSSR count). The molecule has 1 fully saturated rings. The number of likely N-dealkylation sites (tertiary alicyclic amines) is 1. The summed E-state index contributed by atoms with van der Waals surface area (Å²) in [5.74, 6) is 1.91. The average Bonchev–Trinajstić information content (AvgIpc) is 3.07. The Morgan fingerprint density at radius 3 is 2.65 bits per heavy atom. The van der Waals surface area contributed by atoms with Gasteiger partial charge in [-0.15, -0.1) is 11.8 Å². The number of nitrogens with one attached hydrogen (secondary N) is 1. The van der Waals surface area contributed by atoms with Crippen molar-refractivity contribution < 1.29 is 14.1 Å². The standard InChI is InChI=1S/C19H23N3O3S/c1-14-13-17(21-25-14)20-19(24)15-7-10-22(11-8-15)18(23)9-12-26-16-5-3-2-4-6-16/h2-6,13,15H,7-12H2,1H3,(H,20,21,24). The minimum absolute atomic E-state index is 0.0509. The van der Waals surface area contributed by atoms with Crippen molar-refractivity contribution in [3.63, 3.8) is 0 Å². The monoisotopic (exact) mass is 373 g/mol. The van der Waals surface area contributed by atoms with Crippen molar-refractivity contribution >= 4 is 29.4 Å². The minimum atomic E-state index is -0.0882. The van der Waals surface area contributed by atoms with Crippen LogP contribution in [0.5, 0.6) is 0 Å². The number of anilines is 1. The first-order chi connectivity index (χ1) is 12.6. The number of rotatable bonds is 6. The summed E-state index contributed by atoms with van der Waals surface area (Å²) in [5.41, 5.74) is 0. The predicted octanol–water partition coefficient (Wildman–Crippen LogP) is 3.34. The molecule has 1 saturated heterocycles. The zero-order chi connectivity index (χ0) is 18.4. The van der Waals surface area contributed by atoms with Crippen molar-refractivity contribution in [3.05, 3.63) is 42.2 Å². The summed E-state index contributed by atoms with van der Waals surface area (Å²) in [4.78, 5) is 27.7. The van der Waals surface area contributed by atoms with Crippen LogP contribution >= 0.6 is 11.8 Å². The van der Waals surface area contributed by atoms with Gasteiger partial charge in [-0.05, 0) is 31.9 Å². The first-order valence-corrected chi connectivity index (χ1v) is 9.80. The highest BCUT2D eigenvalue weighted by Crippen LogP contribution is 2.22. The molecule has 2 heterocycles. The minimum Gasteiger partial charge on any atom is -0.360 e. The van der Waals surface area contributed by atoms with E-state index < -0.39 is 0 Å². The Morgan fingerprint density at radius 1 is 1.27 bits per heavy atom. The second kappa shape index (κ2) is 8.89. The number of carbonyl (C=O) groups excluding carboxylic acids is 2. The molecule has 0 aliphatic carbocycles. The third kappa shape index (κ3) is 5.11. The maximum absolute atomic E-state index is 12.3. The second-order valence-electron chi connectivity index (χ2n) is 6.38. The molecule has 0 spiro atoms. The van der Waals surface area contributed by atoms with E-state index in [-0.39, 0.29) is 17.7 Å². The summed E-state index contributed by atoms with van der Waals surface area (Å²) in [7, 11) is 0. The van der Waals surface area contributed by atoms with Crippen LogP contribution in [-0.2, 0) is 9.59 Å². The van der Waals surface area contributed by atoms with Crippen LogP contribution in [0, 0.1) is 12.8 Å². The number of aromatic nitrogens is 1. The van der Waals surface area contributed by atoms with Crippen molar-refractivity contribution in [2.45, 2.75) is 31.1 Å². The van der Waals surface area contributed by atoms with E-state index in [0.29, 0.717) is 43.9 Å². The molecule has 138 valence electrons. The molecule has 0 radical (unpaired) electrons. The van der Waals surface area contributed by atoms with Gasteiger partial charge in [0.25, 0.3) is 0 Å². The lowest BCUT2D eigenvalue weighted by molar-refractivity contribution is -0.134. The van der Waals surface area contributed by atoms with E-state index in [4.69, 9.17) is 4.52 Å². The Bertz CT molecular complexity index is 739. The molecule has 1 N–H and O–H groups in total. The normalized spacial score (nSPS) is 15.0. The summed E-state index contributed by atoms with van der Waals surface area (Å²) in [6.07, 6.45) is 1.88. The van der Waals surface area contributed by atoms with Gasteiger partial charge in [0.2, 0.25) is 11.8 Å². The maximum atomic E-state index is 12.3. The van der Waals surface area contributed by atoms with E-state index in [0.717, 1.165) is 5.75 Å². The molecular formula is C19H23N3O3S. The summed E-state index contributed by atoms with van der Waals surface area (Å²) in [5, 5.41) is 6.56. The van der Waals surface area contributed by atoms with Crippen molar-refractivity contribution in [2.75, 3.05) is 24.2 Å². The van der Waals surface area contributed by atoms with Crippen LogP contribution in [0.25, 0.3) is 0 Å². The van der Waals surface area contributed by atoms with Crippen molar-refractivity contribution in [3.8, 4) is 0 Å². The summed E-state index contributed by atoms with van der Waals surface area (Å²) in [6, 6.07) is 11.8. The highest BCUT2D eigenvalue weighted by molar-refractivity contribution is 7.99. The molecule has 0 unspecified atom stereocenters. The zero-order valence-corrected chi connectivity index (χ0v) is 15.6. The van der Waals surface area contributed by atoms with Gasteiger partial charge in [-0.2, -0.15) is 0 Å². The molecule has 26 heavy (non-hydrogen) atoms. The molecule has 2 aromatic rings. The zero-order valence-electron chi connectivity index (χ0n) is 14.8. The summed E-state index contributed by atoms with van der Waals surface area (Å²) < 4.78 is 4.95. The van der Waals surface area contributed by atoms with Gasteiger partial charge in [-0.3, -0.25) is 9.59 Å². The average molecular weight is 373 g/mol. The van der Waals surface area contributed by atoms with Gasteiger partial charge < -0.3 is 14.7 Å². The molecule has 1 aromatic heterocycles. The number of carbonyl (C=O) groups is 2. The van der Waals surface area contributed by atoms with Crippen LogP contribution in [-0.4, -0.2) is 40.7 Å². The lowest BCUT2D eigenvalue weighted by Gasteiger charge is -2.31. The Hall–Kier alpha value is -2.28. The van der Waals surface area contributed by atoms with Gasteiger partial charge in [0.15, 0.2) is 5.82 Å². The molecular weight excluding hydrogens is 350 g/mol. The molecule has 0 saturated carbocycles. The Kier molecular flexibility index (Phi) is 6.33. The first-order valence-electron chi connectivity index (χ1n) is 8.81. The fourth-order valence-electron chi connectivity index (χ4n) is 2.98. The fraction of sp³-hybridized carbons (Fsp3) is 0.421. The number of piperidine rings is 1. The fourth-order valence-corrected chi connectivity index (χ4v) is 3.84. The first kappa shape index (κ1) is 18.5. The molecule has 1 aliphatic rings. The third-order valence-corrected chi connectivity index (χ3v) is 5.44. The van der Waals surface area contributed by atoms with E-state index in [1.807, 2.05) is 23.1 Å². The second-order valence-corrected chi connectivity index (χ2v) is 7.55. The van der Waals surface area contributed by atoms with E-state index in [9.17, 15) is 9.59 Å². The van der Waals surface area contributed by atoms with Crippen molar-refractivity contribution in [2.24, 2.45) is 5.92 Å². The van der Waals surface area contributed by atoms with Crippen LogP contribution < -0.4 is 5.32 Å². The van der Waals surface area contributed by atoms with Gasteiger partial charge in [0.1, 0.15) is 5.76 Å². The summed E-state index contributed by atoms with van der Waals surface area (Å²) in [6.45, 7) is 3.04. The van der Waals surface area contributed by atoms with E-state index >= 15 is 0 Å². The van der Waals surface area contributed by atoms with Crippen LogP contribution in [0.3, 0.4) is 0 Å². The van der Waals surface area contributed by atoms with Gasteiger partial charge >= 0.3 is 0 Å². The lowest BCUT2D eigenvalue weighted by atomic mass is 9.95.